The van der Waals surface area contributed by atoms with Crippen molar-refractivity contribution in [3.8, 4) is 11.5 Å². The molecule has 0 radical (unpaired) electrons. The molecule has 0 N–H and O–H groups in total. The standard InChI is InChI=1S/C29H26O4/c1-19-10-11-24(16-19)27(28(30)32-25-14-12-20-6-2-4-8-22(20)17-25)29(31)33-26-15-13-21-7-3-5-9-23(21)18-26/h2-9,12-15,17-19,24,27H,10-11,16H2,1H3. The highest BCUT2D eigenvalue weighted by Crippen LogP contribution is 2.37. The molecule has 0 heterocycles. The third-order valence-electron chi connectivity index (χ3n) is 6.59. The molecule has 0 amide bonds. The van der Waals surface area contributed by atoms with E-state index in [2.05, 4.69) is 6.92 Å². The highest BCUT2D eigenvalue weighted by molar-refractivity contribution is 5.98. The van der Waals surface area contributed by atoms with E-state index in [4.69, 9.17) is 9.47 Å². The zero-order valence-electron chi connectivity index (χ0n) is 18.6. The average molecular weight is 439 g/mol. The molecule has 2 unspecified atom stereocenters. The van der Waals surface area contributed by atoms with Crippen LogP contribution in [-0.2, 0) is 9.59 Å². The molecule has 4 nitrogen and oxygen atoms in total. The Morgan fingerprint density at radius 3 is 1.64 bits per heavy atom. The number of esters is 2. The van der Waals surface area contributed by atoms with Crippen molar-refractivity contribution in [2.24, 2.45) is 17.8 Å². The second-order valence-corrected chi connectivity index (χ2v) is 9.02. The number of carbonyl (C=O) groups excluding carboxylic acids is 2. The third-order valence-corrected chi connectivity index (χ3v) is 6.59. The van der Waals surface area contributed by atoms with Crippen LogP contribution >= 0.6 is 0 Å². The molecule has 0 saturated heterocycles. The minimum Gasteiger partial charge on any atom is -0.426 e. The largest absolute Gasteiger partial charge is 0.426 e. The van der Waals surface area contributed by atoms with Crippen molar-refractivity contribution in [3.63, 3.8) is 0 Å². The second-order valence-electron chi connectivity index (χ2n) is 9.02. The zero-order chi connectivity index (χ0) is 22.8. The van der Waals surface area contributed by atoms with E-state index in [1.54, 1.807) is 12.1 Å². The van der Waals surface area contributed by atoms with Gasteiger partial charge in [0.1, 0.15) is 11.5 Å². The van der Waals surface area contributed by atoms with Gasteiger partial charge in [-0.15, -0.1) is 0 Å². The Balaban J connectivity index is 1.39. The van der Waals surface area contributed by atoms with Gasteiger partial charge in [-0.3, -0.25) is 9.59 Å². The predicted octanol–water partition coefficient (Wildman–Crippen LogP) is 6.56. The van der Waals surface area contributed by atoms with Gasteiger partial charge in [0, 0.05) is 0 Å². The maximum absolute atomic E-state index is 13.3. The Kier molecular flexibility index (Phi) is 5.82. The van der Waals surface area contributed by atoms with Crippen LogP contribution in [0.5, 0.6) is 11.5 Å². The van der Waals surface area contributed by atoms with E-state index in [1.807, 2.05) is 72.8 Å². The van der Waals surface area contributed by atoms with Crippen LogP contribution in [0.4, 0.5) is 0 Å². The van der Waals surface area contributed by atoms with E-state index in [1.165, 1.54) is 0 Å². The number of carbonyl (C=O) groups is 2. The summed E-state index contributed by atoms with van der Waals surface area (Å²) in [6.07, 6.45) is 2.61. The van der Waals surface area contributed by atoms with Crippen molar-refractivity contribution in [1.29, 1.82) is 0 Å². The quantitative estimate of drug-likeness (QED) is 0.201. The van der Waals surface area contributed by atoms with Crippen LogP contribution in [0.15, 0.2) is 84.9 Å². The van der Waals surface area contributed by atoms with E-state index in [0.29, 0.717) is 17.4 Å². The maximum Gasteiger partial charge on any atom is 0.326 e. The Bertz CT molecular complexity index is 1230. The van der Waals surface area contributed by atoms with Crippen LogP contribution in [0.25, 0.3) is 21.5 Å². The molecule has 5 rings (SSSR count). The molecule has 1 aliphatic carbocycles. The summed E-state index contributed by atoms with van der Waals surface area (Å²) in [5.41, 5.74) is 0. The van der Waals surface area contributed by atoms with Crippen LogP contribution in [0.2, 0.25) is 0 Å². The topological polar surface area (TPSA) is 52.6 Å². The smallest absolute Gasteiger partial charge is 0.326 e. The molecular formula is C29H26O4. The van der Waals surface area contributed by atoms with Crippen LogP contribution in [0.3, 0.4) is 0 Å². The molecule has 166 valence electrons. The molecule has 2 atom stereocenters. The van der Waals surface area contributed by atoms with E-state index in [9.17, 15) is 9.59 Å². The van der Waals surface area contributed by atoms with Crippen molar-refractivity contribution in [2.75, 3.05) is 0 Å². The zero-order valence-corrected chi connectivity index (χ0v) is 18.6. The normalized spacial score (nSPS) is 18.0. The van der Waals surface area contributed by atoms with Gasteiger partial charge in [-0.2, -0.15) is 0 Å². The summed E-state index contributed by atoms with van der Waals surface area (Å²) in [4.78, 5) is 26.5. The lowest BCUT2D eigenvalue weighted by molar-refractivity contribution is -0.154. The van der Waals surface area contributed by atoms with Crippen molar-refractivity contribution in [1.82, 2.24) is 0 Å². The van der Waals surface area contributed by atoms with Gasteiger partial charge in [0.25, 0.3) is 0 Å². The highest BCUT2D eigenvalue weighted by Gasteiger charge is 2.41. The van der Waals surface area contributed by atoms with Crippen molar-refractivity contribution >= 4 is 33.5 Å². The van der Waals surface area contributed by atoms with Gasteiger partial charge in [0.2, 0.25) is 0 Å². The van der Waals surface area contributed by atoms with Crippen LogP contribution in [0.1, 0.15) is 26.2 Å². The van der Waals surface area contributed by atoms with Gasteiger partial charge in [-0.1, -0.05) is 74.0 Å². The molecule has 4 aromatic carbocycles. The molecule has 4 aromatic rings. The highest BCUT2D eigenvalue weighted by atomic mass is 16.6. The summed E-state index contributed by atoms with van der Waals surface area (Å²) in [6.45, 7) is 2.15. The van der Waals surface area contributed by atoms with Gasteiger partial charge in [0.05, 0.1) is 0 Å². The van der Waals surface area contributed by atoms with E-state index < -0.39 is 17.9 Å². The Morgan fingerprint density at radius 1 is 0.697 bits per heavy atom. The molecule has 1 saturated carbocycles. The summed E-state index contributed by atoms with van der Waals surface area (Å²) in [5.74, 6) is -0.778. The first-order valence-electron chi connectivity index (χ1n) is 11.5. The fraction of sp³-hybridized carbons (Fsp3) is 0.241. The van der Waals surface area contributed by atoms with Gasteiger partial charge >= 0.3 is 11.9 Å². The number of fused-ring (bicyclic) bond motifs is 2. The van der Waals surface area contributed by atoms with Crippen LogP contribution in [-0.4, -0.2) is 11.9 Å². The minimum atomic E-state index is -0.951. The van der Waals surface area contributed by atoms with Crippen LogP contribution < -0.4 is 9.47 Å². The first-order chi connectivity index (χ1) is 16.1. The molecule has 0 spiro atoms. The summed E-state index contributed by atoms with van der Waals surface area (Å²) in [6, 6.07) is 26.8. The average Bonchev–Trinajstić information content (AvgIpc) is 3.24. The molecule has 0 aromatic heterocycles. The van der Waals surface area contributed by atoms with Crippen molar-refractivity contribution in [3.05, 3.63) is 84.9 Å². The van der Waals surface area contributed by atoms with Gasteiger partial charge in [-0.25, -0.2) is 0 Å². The molecule has 33 heavy (non-hydrogen) atoms. The maximum atomic E-state index is 13.3. The number of hydrogen-bond donors (Lipinski definition) is 0. The molecular weight excluding hydrogens is 412 g/mol. The Labute approximate surface area is 193 Å². The first-order valence-corrected chi connectivity index (χ1v) is 11.5. The minimum absolute atomic E-state index is 0.0825. The lowest BCUT2D eigenvalue weighted by Gasteiger charge is -2.21. The lowest BCUT2D eigenvalue weighted by atomic mass is 9.90. The third kappa shape index (κ3) is 4.61. The number of ether oxygens (including phenoxy) is 2. The van der Waals surface area contributed by atoms with Crippen LogP contribution in [0, 0.1) is 17.8 Å². The summed E-state index contributed by atoms with van der Waals surface area (Å²) in [7, 11) is 0. The SMILES string of the molecule is CC1CCC(C(C(=O)Oc2ccc3ccccc3c2)C(=O)Oc2ccc3ccccc3c2)C1. The fourth-order valence-electron chi connectivity index (χ4n) is 4.86. The molecule has 0 aliphatic heterocycles. The van der Waals surface area contributed by atoms with Gasteiger partial charge in [0.15, 0.2) is 5.92 Å². The second kappa shape index (κ2) is 9.07. The predicted molar refractivity (Wildman–Crippen MR) is 129 cm³/mol. The molecule has 4 heteroatoms. The fourth-order valence-corrected chi connectivity index (χ4v) is 4.86. The Hall–Kier alpha value is -3.66. The summed E-state index contributed by atoms with van der Waals surface area (Å²) >= 11 is 0. The van der Waals surface area contributed by atoms with Gasteiger partial charge < -0.3 is 9.47 Å². The molecule has 1 fully saturated rings. The first kappa shape index (κ1) is 21.2. The van der Waals surface area contributed by atoms with E-state index >= 15 is 0 Å². The molecule has 1 aliphatic rings. The summed E-state index contributed by atoms with van der Waals surface area (Å²) < 4.78 is 11.4. The van der Waals surface area contributed by atoms with E-state index in [0.717, 1.165) is 40.8 Å². The van der Waals surface area contributed by atoms with Crippen molar-refractivity contribution in [2.45, 2.75) is 26.2 Å². The van der Waals surface area contributed by atoms with E-state index in [-0.39, 0.29) is 5.92 Å². The summed E-state index contributed by atoms with van der Waals surface area (Å²) in [5, 5.41) is 4.09. The monoisotopic (exact) mass is 438 g/mol. The Morgan fingerprint density at radius 2 is 1.18 bits per heavy atom. The lowest BCUT2D eigenvalue weighted by Crippen LogP contribution is -2.36. The number of hydrogen-bond acceptors (Lipinski definition) is 4. The van der Waals surface area contributed by atoms with Gasteiger partial charge in [-0.05, 0) is 70.5 Å². The number of benzene rings is 4. The molecule has 0 bridgehead atoms. The van der Waals surface area contributed by atoms with Crippen molar-refractivity contribution < 1.29 is 19.1 Å². The number of rotatable bonds is 5.